The molecular weight excluding hydrogens is 240 g/mol. The van der Waals surface area contributed by atoms with Gasteiger partial charge in [-0.3, -0.25) is 0 Å². The van der Waals surface area contributed by atoms with Gasteiger partial charge in [0.05, 0.1) is 7.11 Å². The van der Waals surface area contributed by atoms with Crippen molar-refractivity contribution in [2.45, 2.75) is 51.4 Å². The maximum absolute atomic E-state index is 11.4. The van der Waals surface area contributed by atoms with Gasteiger partial charge in [-0.05, 0) is 25.3 Å². The lowest BCUT2D eigenvalue weighted by Gasteiger charge is -2.12. The van der Waals surface area contributed by atoms with Crippen LogP contribution in [0.5, 0.6) is 0 Å². The number of esters is 1. The SMILES string of the molecule is C=CC(=O)OC1=C(OC)CCCCCCCCC=C1. The van der Waals surface area contributed by atoms with E-state index < -0.39 is 5.97 Å². The summed E-state index contributed by atoms with van der Waals surface area (Å²) in [7, 11) is 1.62. The first-order chi connectivity index (χ1) is 9.27. The Bertz CT molecular complexity index is 353. The van der Waals surface area contributed by atoms with Crippen molar-refractivity contribution in [3.05, 3.63) is 36.3 Å². The van der Waals surface area contributed by atoms with E-state index in [1.165, 1.54) is 38.2 Å². The van der Waals surface area contributed by atoms with Gasteiger partial charge < -0.3 is 9.47 Å². The molecule has 0 spiro atoms. The minimum atomic E-state index is -0.443. The lowest BCUT2D eigenvalue weighted by Crippen LogP contribution is -2.04. The van der Waals surface area contributed by atoms with Crippen LogP contribution in [-0.4, -0.2) is 13.1 Å². The van der Waals surface area contributed by atoms with Gasteiger partial charge in [0.2, 0.25) is 0 Å². The third-order valence-corrected chi connectivity index (χ3v) is 3.19. The van der Waals surface area contributed by atoms with E-state index in [0.29, 0.717) is 5.76 Å². The van der Waals surface area contributed by atoms with Crippen molar-refractivity contribution in [1.82, 2.24) is 0 Å². The Balaban J connectivity index is 2.82. The number of ether oxygens (including phenoxy) is 2. The number of rotatable bonds is 3. The average Bonchev–Trinajstić information content (AvgIpc) is 2.41. The minimum absolute atomic E-state index is 0.443. The van der Waals surface area contributed by atoms with E-state index >= 15 is 0 Å². The van der Waals surface area contributed by atoms with Crippen LogP contribution in [0.4, 0.5) is 0 Å². The highest BCUT2D eigenvalue weighted by molar-refractivity contribution is 5.82. The van der Waals surface area contributed by atoms with Gasteiger partial charge in [-0.2, -0.15) is 0 Å². The van der Waals surface area contributed by atoms with Crippen LogP contribution >= 0.6 is 0 Å². The molecule has 1 rings (SSSR count). The standard InChI is InChI=1S/C16H24O3/c1-3-16(17)19-15-13-11-9-7-5-4-6-8-10-12-14(15)18-2/h3,11,13H,1,4-10,12H2,2H3. The van der Waals surface area contributed by atoms with Crippen LogP contribution in [0.3, 0.4) is 0 Å². The van der Waals surface area contributed by atoms with E-state index in [1.807, 2.05) is 12.2 Å². The van der Waals surface area contributed by atoms with E-state index in [4.69, 9.17) is 9.47 Å². The van der Waals surface area contributed by atoms with Gasteiger partial charge in [0, 0.05) is 12.5 Å². The third kappa shape index (κ3) is 6.27. The summed E-state index contributed by atoms with van der Waals surface area (Å²) in [6, 6.07) is 0. The smallest absolute Gasteiger partial charge is 0.335 e. The summed E-state index contributed by atoms with van der Waals surface area (Å²) in [5.41, 5.74) is 0. The largest absolute Gasteiger partial charge is 0.497 e. The van der Waals surface area contributed by atoms with Gasteiger partial charge in [0.1, 0.15) is 5.76 Å². The van der Waals surface area contributed by atoms with Crippen LogP contribution in [0.2, 0.25) is 0 Å². The molecule has 0 aliphatic heterocycles. The normalized spacial score (nSPS) is 18.2. The Labute approximate surface area is 116 Å². The Morgan fingerprint density at radius 3 is 2.58 bits per heavy atom. The van der Waals surface area contributed by atoms with Crippen molar-refractivity contribution in [3.63, 3.8) is 0 Å². The zero-order chi connectivity index (χ0) is 13.9. The molecule has 0 N–H and O–H groups in total. The molecule has 0 aromatic rings. The lowest BCUT2D eigenvalue weighted by atomic mass is 10.1. The molecule has 0 bridgehead atoms. The van der Waals surface area contributed by atoms with Gasteiger partial charge in [-0.1, -0.05) is 38.3 Å². The molecule has 3 nitrogen and oxygen atoms in total. The average molecular weight is 264 g/mol. The van der Waals surface area contributed by atoms with Crippen molar-refractivity contribution in [2.75, 3.05) is 7.11 Å². The van der Waals surface area contributed by atoms with E-state index in [-0.39, 0.29) is 0 Å². The van der Waals surface area contributed by atoms with Crippen molar-refractivity contribution in [1.29, 1.82) is 0 Å². The zero-order valence-electron chi connectivity index (χ0n) is 11.8. The highest BCUT2D eigenvalue weighted by Gasteiger charge is 2.10. The van der Waals surface area contributed by atoms with Crippen molar-refractivity contribution in [2.24, 2.45) is 0 Å². The highest BCUT2D eigenvalue weighted by atomic mass is 16.6. The van der Waals surface area contributed by atoms with Crippen LogP contribution in [0, 0.1) is 0 Å². The summed E-state index contributed by atoms with van der Waals surface area (Å²) in [4.78, 5) is 11.4. The fourth-order valence-electron chi connectivity index (χ4n) is 2.11. The highest BCUT2D eigenvalue weighted by Crippen LogP contribution is 2.19. The van der Waals surface area contributed by atoms with Crippen molar-refractivity contribution in [3.8, 4) is 0 Å². The minimum Gasteiger partial charge on any atom is -0.497 e. The lowest BCUT2D eigenvalue weighted by molar-refractivity contribution is -0.133. The van der Waals surface area contributed by atoms with E-state index in [2.05, 4.69) is 6.58 Å². The second kappa shape index (κ2) is 9.42. The Kier molecular flexibility index (Phi) is 7.71. The third-order valence-electron chi connectivity index (χ3n) is 3.19. The number of carbonyl (C=O) groups is 1. The number of hydrogen-bond donors (Lipinski definition) is 0. The van der Waals surface area contributed by atoms with Gasteiger partial charge >= 0.3 is 5.97 Å². The maximum atomic E-state index is 11.4. The number of methoxy groups -OCH3 is 1. The van der Waals surface area contributed by atoms with E-state index in [1.54, 1.807) is 7.11 Å². The molecule has 0 atom stereocenters. The summed E-state index contributed by atoms with van der Waals surface area (Å²) < 4.78 is 10.6. The summed E-state index contributed by atoms with van der Waals surface area (Å²) in [6.45, 7) is 3.42. The second-order valence-electron chi connectivity index (χ2n) is 4.68. The zero-order valence-corrected chi connectivity index (χ0v) is 11.8. The molecule has 0 aromatic heterocycles. The summed E-state index contributed by atoms with van der Waals surface area (Å²) >= 11 is 0. The van der Waals surface area contributed by atoms with Crippen molar-refractivity contribution < 1.29 is 14.3 Å². The first-order valence-electron chi connectivity index (χ1n) is 7.06. The van der Waals surface area contributed by atoms with Crippen LogP contribution < -0.4 is 0 Å². The van der Waals surface area contributed by atoms with E-state index in [9.17, 15) is 4.79 Å². The molecule has 0 radical (unpaired) electrons. The Morgan fingerprint density at radius 1 is 1.21 bits per heavy atom. The molecule has 106 valence electrons. The topological polar surface area (TPSA) is 35.5 Å². The quantitative estimate of drug-likeness (QED) is 0.564. The van der Waals surface area contributed by atoms with Crippen LogP contribution in [0.25, 0.3) is 0 Å². The Hall–Kier alpha value is -1.51. The maximum Gasteiger partial charge on any atom is 0.335 e. The van der Waals surface area contributed by atoms with Gasteiger partial charge in [-0.15, -0.1) is 0 Å². The Morgan fingerprint density at radius 2 is 1.89 bits per heavy atom. The number of carbonyl (C=O) groups excluding carboxylic acids is 1. The predicted octanol–water partition coefficient (Wildman–Crippen LogP) is 4.26. The molecule has 0 saturated carbocycles. The molecule has 0 amide bonds. The first kappa shape index (κ1) is 15.5. The fraction of sp³-hybridized carbons (Fsp3) is 0.562. The number of hydrogen-bond acceptors (Lipinski definition) is 3. The molecule has 0 saturated heterocycles. The van der Waals surface area contributed by atoms with Gasteiger partial charge in [0.15, 0.2) is 5.76 Å². The molecule has 0 fully saturated rings. The van der Waals surface area contributed by atoms with Crippen molar-refractivity contribution >= 4 is 5.97 Å². The fourth-order valence-corrected chi connectivity index (χ4v) is 2.11. The summed E-state index contributed by atoms with van der Waals surface area (Å²) in [6.07, 6.45) is 14.2. The molecule has 0 aromatic carbocycles. The molecule has 1 aliphatic rings. The molecule has 19 heavy (non-hydrogen) atoms. The second-order valence-corrected chi connectivity index (χ2v) is 4.68. The van der Waals surface area contributed by atoms with Gasteiger partial charge in [0.25, 0.3) is 0 Å². The molecular formula is C16H24O3. The van der Waals surface area contributed by atoms with E-state index in [0.717, 1.165) is 25.0 Å². The predicted molar refractivity (Wildman–Crippen MR) is 76.4 cm³/mol. The monoisotopic (exact) mass is 264 g/mol. The van der Waals surface area contributed by atoms with Crippen LogP contribution in [0.1, 0.15) is 51.4 Å². The van der Waals surface area contributed by atoms with Crippen LogP contribution in [-0.2, 0) is 14.3 Å². The van der Waals surface area contributed by atoms with Gasteiger partial charge in [-0.25, -0.2) is 4.79 Å². The van der Waals surface area contributed by atoms with Crippen LogP contribution in [0.15, 0.2) is 36.3 Å². The summed E-state index contributed by atoms with van der Waals surface area (Å²) in [5, 5.41) is 0. The molecule has 0 heterocycles. The first-order valence-corrected chi connectivity index (χ1v) is 7.06. The number of allylic oxidation sites excluding steroid dienone is 3. The molecule has 3 heteroatoms. The molecule has 0 unspecified atom stereocenters. The summed E-state index contributed by atoms with van der Waals surface area (Å²) in [5.74, 6) is 0.821. The molecule has 1 aliphatic carbocycles.